The first kappa shape index (κ1) is 23.7. The zero-order chi connectivity index (χ0) is 9.66. The standard InChI is InChI=1S/2C6H9.ClH.Zr.H/c2*1-3-5-6-4-2;;;/h2*3,5-6H,1-2H3;1H;;/q2*-1;;+4;-1/p-1. The van der Waals surface area contributed by atoms with Crippen molar-refractivity contribution in [3.8, 4) is 0 Å². The van der Waals surface area contributed by atoms with Gasteiger partial charge in [0.05, 0.1) is 0 Å². The molecule has 0 unspecified atom stereocenters. The van der Waals surface area contributed by atoms with E-state index >= 15 is 0 Å². The van der Waals surface area contributed by atoms with E-state index in [4.69, 9.17) is 0 Å². The summed E-state index contributed by atoms with van der Waals surface area (Å²) in [4.78, 5) is 0. The molecule has 0 atom stereocenters. The minimum Gasteiger partial charge on any atom is -1.00 e. The molecule has 0 aliphatic carbocycles. The van der Waals surface area contributed by atoms with E-state index in [1.54, 1.807) is 0 Å². The molecular formula is C12H19ClZr. The number of halogens is 1. The second kappa shape index (κ2) is 29.2. The molecule has 0 bridgehead atoms. The molecule has 0 fully saturated rings. The largest absolute Gasteiger partial charge is 4.00 e. The Labute approximate surface area is 116 Å². The Balaban J connectivity index is -0.0000000370. The van der Waals surface area contributed by atoms with Crippen LogP contribution in [0.1, 0.15) is 29.1 Å². The van der Waals surface area contributed by atoms with Crippen LogP contribution in [-0.2, 0) is 26.2 Å². The summed E-state index contributed by atoms with van der Waals surface area (Å²) in [6.45, 7) is 7.71. The van der Waals surface area contributed by atoms with Gasteiger partial charge in [-0.3, -0.25) is 12.2 Å². The fraction of sp³-hybridized carbons (Fsp3) is 0.333. The van der Waals surface area contributed by atoms with Crippen molar-refractivity contribution < 1.29 is 40.0 Å². The maximum atomic E-state index is 2.86. The number of hydrogen-bond acceptors (Lipinski definition) is 0. The van der Waals surface area contributed by atoms with E-state index in [0.717, 1.165) is 0 Å². The summed E-state index contributed by atoms with van der Waals surface area (Å²) in [5, 5.41) is 0. The molecule has 0 amide bonds. The van der Waals surface area contributed by atoms with Gasteiger partial charge in [-0.05, 0) is 0 Å². The van der Waals surface area contributed by atoms with Crippen LogP contribution in [0.3, 0.4) is 0 Å². The van der Waals surface area contributed by atoms with E-state index in [-0.39, 0.29) is 40.0 Å². The topological polar surface area (TPSA) is 0 Å². The number of allylic oxidation sites excluding steroid dienone is 8. The normalized spacial score (nSPS) is 10.0. The smallest absolute Gasteiger partial charge is 1.00 e. The van der Waals surface area contributed by atoms with Gasteiger partial charge in [0, 0.05) is 0 Å². The molecule has 78 valence electrons. The summed E-state index contributed by atoms with van der Waals surface area (Å²) in [7, 11) is 0. The van der Waals surface area contributed by atoms with Gasteiger partial charge < -0.3 is 13.8 Å². The molecule has 0 saturated heterocycles. The van der Waals surface area contributed by atoms with Crippen molar-refractivity contribution in [1.82, 2.24) is 0 Å². The van der Waals surface area contributed by atoms with Gasteiger partial charge in [-0.1, -0.05) is 13.8 Å². The van der Waals surface area contributed by atoms with Crippen LogP contribution in [0.15, 0.2) is 36.5 Å². The van der Waals surface area contributed by atoms with Crippen molar-refractivity contribution in [2.24, 2.45) is 0 Å². The van der Waals surface area contributed by atoms with Crippen molar-refractivity contribution in [2.75, 3.05) is 0 Å². The van der Waals surface area contributed by atoms with Gasteiger partial charge in [-0.15, -0.1) is 13.8 Å². The molecule has 0 spiro atoms. The SMILES string of the molecule is C[C-]=CC=CC.C[C-]=CC=CC.[Cl-].[H-].[Zr+4]. The van der Waals surface area contributed by atoms with Gasteiger partial charge in [0.25, 0.3) is 0 Å². The van der Waals surface area contributed by atoms with Crippen LogP contribution in [0.25, 0.3) is 0 Å². The van der Waals surface area contributed by atoms with Gasteiger partial charge >= 0.3 is 26.2 Å². The molecule has 0 saturated carbocycles. The summed E-state index contributed by atoms with van der Waals surface area (Å²) in [5.74, 6) is 0. The number of rotatable bonds is 2. The van der Waals surface area contributed by atoms with Crippen molar-refractivity contribution in [1.29, 1.82) is 0 Å². The maximum Gasteiger partial charge on any atom is 4.00 e. The fourth-order valence-electron chi connectivity index (χ4n) is 0.385. The fourth-order valence-corrected chi connectivity index (χ4v) is 0.385. The quantitative estimate of drug-likeness (QED) is 0.526. The zero-order valence-electron chi connectivity index (χ0n) is 10.3. The Morgan fingerprint density at radius 2 is 1.14 bits per heavy atom. The van der Waals surface area contributed by atoms with Crippen molar-refractivity contribution in [3.05, 3.63) is 48.6 Å². The van der Waals surface area contributed by atoms with E-state index in [1.807, 2.05) is 64.2 Å². The first-order valence-corrected chi connectivity index (χ1v) is 4.07. The minimum atomic E-state index is 0. The van der Waals surface area contributed by atoms with Crippen LogP contribution in [0, 0.1) is 12.2 Å². The Hall–Kier alpha value is 0.133. The van der Waals surface area contributed by atoms with Crippen molar-refractivity contribution in [2.45, 2.75) is 27.7 Å². The zero-order valence-corrected chi connectivity index (χ0v) is 12.6. The van der Waals surface area contributed by atoms with Crippen LogP contribution in [0.2, 0.25) is 0 Å². The molecule has 0 aromatic heterocycles. The summed E-state index contributed by atoms with van der Waals surface area (Å²) >= 11 is 0. The molecule has 0 nitrogen and oxygen atoms in total. The van der Waals surface area contributed by atoms with E-state index in [0.29, 0.717) is 0 Å². The molecule has 0 aromatic rings. The van der Waals surface area contributed by atoms with E-state index in [2.05, 4.69) is 12.2 Å². The maximum absolute atomic E-state index is 2.86. The van der Waals surface area contributed by atoms with Crippen molar-refractivity contribution in [3.63, 3.8) is 0 Å². The molecule has 0 aromatic carbocycles. The van der Waals surface area contributed by atoms with E-state index < -0.39 is 0 Å². The second-order valence-electron chi connectivity index (χ2n) is 1.96. The minimum absolute atomic E-state index is 0. The third-order valence-electron chi connectivity index (χ3n) is 0.911. The van der Waals surface area contributed by atoms with Crippen LogP contribution in [0.5, 0.6) is 0 Å². The molecule has 0 radical (unpaired) electrons. The van der Waals surface area contributed by atoms with Gasteiger partial charge in [0.1, 0.15) is 0 Å². The molecule has 2 heteroatoms. The number of hydrogen-bond donors (Lipinski definition) is 0. The third kappa shape index (κ3) is 40.0. The Morgan fingerprint density at radius 1 is 0.857 bits per heavy atom. The molecule has 0 aliphatic rings. The predicted molar refractivity (Wildman–Crippen MR) is 57.7 cm³/mol. The van der Waals surface area contributed by atoms with Crippen LogP contribution >= 0.6 is 0 Å². The van der Waals surface area contributed by atoms with Gasteiger partial charge in [0.15, 0.2) is 0 Å². The Bertz CT molecular complexity index is 132. The average Bonchev–Trinajstić information content (AvgIpc) is 2.12. The second-order valence-corrected chi connectivity index (χ2v) is 1.96. The van der Waals surface area contributed by atoms with Crippen LogP contribution in [0.4, 0.5) is 0 Å². The summed E-state index contributed by atoms with van der Waals surface area (Å²) in [5.41, 5.74) is 0. The van der Waals surface area contributed by atoms with Gasteiger partial charge in [-0.25, -0.2) is 24.3 Å². The molecule has 0 rings (SSSR count). The predicted octanol–water partition coefficient (Wildman–Crippen LogP) is 0.998. The van der Waals surface area contributed by atoms with Crippen LogP contribution < -0.4 is 12.4 Å². The molecular weight excluding hydrogens is 271 g/mol. The Kier molecular flexibility index (Phi) is 49.6. The summed E-state index contributed by atoms with van der Waals surface area (Å²) in [6, 6.07) is 0. The van der Waals surface area contributed by atoms with Gasteiger partial charge in [-0.2, -0.15) is 12.2 Å². The van der Waals surface area contributed by atoms with E-state index in [9.17, 15) is 0 Å². The first-order valence-electron chi connectivity index (χ1n) is 4.07. The summed E-state index contributed by atoms with van der Waals surface area (Å²) in [6.07, 6.45) is 17.3. The van der Waals surface area contributed by atoms with Crippen LogP contribution in [-0.4, -0.2) is 0 Å². The first-order chi connectivity index (χ1) is 5.83. The van der Waals surface area contributed by atoms with Crippen molar-refractivity contribution >= 4 is 0 Å². The Morgan fingerprint density at radius 3 is 1.21 bits per heavy atom. The molecule has 0 heterocycles. The summed E-state index contributed by atoms with van der Waals surface area (Å²) < 4.78 is 0. The average molecular weight is 290 g/mol. The monoisotopic (exact) mass is 288 g/mol. The van der Waals surface area contributed by atoms with Gasteiger partial charge in [0.2, 0.25) is 0 Å². The third-order valence-corrected chi connectivity index (χ3v) is 0.911. The van der Waals surface area contributed by atoms with E-state index in [1.165, 1.54) is 0 Å². The molecule has 0 aliphatic heterocycles. The molecule has 0 N–H and O–H groups in total. The molecule has 14 heavy (non-hydrogen) atoms.